The molecule has 3 heteroatoms. The van der Waals surface area contributed by atoms with Crippen LogP contribution in [0, 0.1) is 0 Å². The summed E-state index contributed by atoms with van der Waals surface area (Å²) in [6.07, 6.45) is 0.693. The van der Waals surface area contributed by atoms with Gasteiger partial charge in [-0.25, -0.2) is 4.79 Å². The summed E-state index contributed by atoms with van der Waals surface area (Å²) in [5.41, 5.74) is 0.718. The number of rotatable bonds is 5. The number of benzene rings is 1. The highest BCUT2D eigenvalue weighted by Crippen LogP contribution is 2.21. The van der Waals surface area contributed by atoms with Crippen LogP contribution in [0.5, 0.6) is 0 Å². The maximum absolute atomic E-state index is 11.5. The van der Waals surface area contributed by atoms with E-state index in [9.17, 15) is 4.79 Å². The van der Waals surface area contributed by atoms with Gasteiger partial charge in [-0.05, 0) is 30.9 Å². The number of hydrogen-bond acceptors (Lipinski definition) is 3. The molecule has 0 aromatic heterocycles. The Labute approximate surface area is 101 Å². The Hall–Kier alpha value is -1.22. The smallest absolute Gasteiger partial charge is 0.334 e. The molecule has 0 saturated carbocycles. The minimum Gasteiger partial charge on any atom is -0.463 e. The highest BCUT2D eigenvalue weighted by molar-refractivity contribution is 8.02. The van der Waals surface area contributed by atoms with E-state index in [1.54, 1.807) is 11.8 Å². The van der Waals surface area contributed by atoms with Gasteiger partial charge in [-0.15, -0.1) is 0 Å². The molecule has 0 N–H and O–H groups in total. The first-order valence-electron chi connectivity index (χ1n) is 5.35. The highest BCUT2D eigenvalue weighted by Gasteiger charge is 2.07. The van der Waals surface area contributed by atoms with Crippen molar-refractivity contribution in [2.75, 3.05) is 6.61 Å². The molecule has 2 nitrogen and oxygen atoms in total. The van der Waals surface area contributed by atoms with Gasteiger partial charge in [-0.3, -0.25) is 0 Å². The predicted molar refractivity (Wildman–Crippen MR) is 67.3 cm³/mol. The van der Waals surface area contributed by atoms with Crippen molar-refractivity contribution in [3.63, 3.8) is 0 Å². The Balaban J connectivity index is 2.63. The maximum Gasteiger partial charge on any atom is 0.334 e. The number of ether oxygens (including phenoxy) is 1. The van der Waals surface area contributed by atoms with E-state index >= 15 is 0 Å². The molecule has 0 radical (unpaired) electrons. The molecule has 1 aromatic rings. The quantitative estimate of drug-likeness (QED) is 0.443. The van der Waals surface area contributed by atoms with Crippen LogP contribution < -0.4 is 0 Å². The summed E-state index contributed by atoms with van der Waals surface area (Å²) in [5, 5.41) is 1.87. The van der Waals surface area contributed by atoms with Gasteiger partial charge in [0.05, 0.1) is 6.61 Å². The molecule has 0 unspecified atom stereocenters. The summed E-state index contributed by atoms with van der Waals surface area (Å²) in [6, 6.07) is 9.96. The van der Waals surface area contributed by atoms with Gasteiger partial charge in [0.25, 0.3) is 0 Å². The fourth-order valence-electron chi connectivity index (χ4n) is 1.14. The molecule has 16 heavy (non-hydrogen) atoms. The lowest BCUT2D eigenvalue weighted by atomic mass is 10.2. The molecule has 1 aromatic carbocycles. The molecule has 0 aliphatic heterocycles. The molecular weight excluding hydrogens is 220 g/mol. The van der Waals surface area contributed by atoms with Gasteiger partial charge >= 0.3 is 5.97 Å². The Morgan fingerprint density at radius 3 is 2.56 bits per heavy atom. The second-order valence-corrected chi connectivity index (χ2v) is 4.09. The molecule has 0 bridgehead atoms. The molecule has 1 rings (SSSR count). The van der Waals surface area contributed by atoms with Crippen molar-refractivity contribution in [2.45, 2.75) is 25.2 Å². The number of carbonyl (C=O) groups is 1. The van der Waals surface area contributed by atoms with Crippen LogP contribution in [0.4, 0.5) is 0 Å². The zero-order valence-corrected chi connectivity index (χ0v) is 10.4. The summed E-state index contributed by atoms with van der Waals surface area (Å²) < 4.78 is 4.96. The lowest BCUT2D eigenvalue weighted by molar-refractivity contribution is -0.138. The summed E-state index contributed by atoms with van der Waals surface area (Å²) in [6.45, 7) is 4.19. The lowest BCUT2D eigenvalue weighted by Gasteiger charge is -2.03. The lowest BCUT2D eigenvalue weighted by Crippen LogP contribution is -2.06. The van der Waals surface area contributed by atoms with E-state index in [-0.39, 0.29) is 5.97 Å². The largest absolute Gasteiger partial charge is 0.463 e. The number of hydrogen-bond donors (Lipinski definition) is 0. The molecule has 0 fully saturated rings. The van der Waals surface area contributed by atoms with Gasteiger partial charge in [-0.1, -0.05) is 36.9 Å². The fourth-order valence-corrected chi connectivity index (χ4v) is 1.99. The average Bonchev–Trinajstić information content (AvgIpc) is 2.31. The van der Waals surface area contributed by atoms with Crippen molar-refractivity contribution in [1.82, 2.24) is 0 Å². The van der Waals surface area contributed by atoms with Gasteiger partial charge in [0.1, 0.15) is 0 Å². The topological polar surface area (TPSA) is 26.3 Å². The Morgan fingerprint density at radius 1 is 1.31 bits per heavy atom. The molecule has 0 aliphatic rings. The van der Waals surface area contributed by atoms with Crippen LogP contribution in [0.25, 0.3) is 0 Å². The minimum atomic E-state index is -0.214. The van der Waals surface area contributed by atoms with Crippen molar-refractivity contribution in [3.8, 4) is 0 Å². The zero-order chi connectivity index (χ0) is 11.8. The SMILES string of the molecule is CCOC(=O)C(=CSc1ccccc1)CC. The summed E-state index contributed by atoms with van der Waals surface area (Å²) >= 11 is 1.54. The molecule has 0 heterocycles. The van der Waals surface area contributed by atoms with E-state index in [1.165, 1.54) is 0 Å². The normalized spacial score (nSPS) is 11.2. The second kappa shape index (κ2) is 7.12. The van der Waals surface area contributed by atoms with E-state index in [2.05, 4.69) is 0 Å². The number of esters is 1. The van der Waals surface area contributed by atoms with Crippen molar-refractivity contribution in [1.29, 1.82) is 0 Å². The predicted octanol–water partition coefficient (Wildman–Crippen LogP) is 3.64. The third-order valence-electron chi connectivity index (χ3n) is 2.00. The van der Waals surface area contributed by atoms with E-state index in [0.29, 0.717) is 13.0 Å². The third-order valence-corrected chi connectivity index (χ3v) is 2.95. The Bertz CT molecular complexity index is 357. The van der Waals surface area contributed by atoms with E-state index < -0.39 is 0 Å². The molecule has 0 aliphatic carbocycles. The minimum absolute atomic E-state index is 0.214. The molecule has 0 spiro atoms. The van der Waals surface area contributed by atoms with Crippen LogP contribution in [0.3, 0.4) is 0 Å². The monoisotopic (exact) mass is 236 g/mol. The van der Waals surface area contributed by atoms with Gasteiger partial charge in [0, 0.05) is 10.5 Å². The van der Waals surface area contributed by atoms with Crippen LogP contribution in [0.2, 0.25) is 0 Å². The average molecular weight is 236 g/mol. The van der Waals surface area contributed by atoms with Crippen LogP contribution in [0.1, 0.15) is 20.3 Å². The van der Waals surface area contributed by atoms with Crippen LogP contribution in [-0.2, 0) is 9.53 Å². The van der Waals surface area contributed by atoms with Crippen molar-refractivity contribution in [3.05, 3.63) is 41.3 Å². The first-order valence-corrected chi connectivity index (χ1v) is 6.23. The summed E-state index contributed by atoms with van der Waals surface area (Å²) in [5.74, 6) is -0.214. The third kappa shape index (κ3) is 4.11. The molecular formula is C13H16O2S. The second-order valence-electron chi connectivity index (χ2n) is 3.15. The first kappa shape index (κ1) is 12.8. The van der Waals surface area contributed by atoms with Gasteiger partial charge < -0.3 is 4.74 Å². The van der Waals surface area contributed by atoms with Gasteiger partial charge in [0.15, 0.2) is 0 Å². The van der Waals surface area contributed by atoms with Crippen molar-refractivity contribution >= 4 is 17.7 Å². The summed E-state index contributed by atoms with van der Waals surface area (Å²) in [4.78, 5) is 12.6. The number of carbonyl (C=O) groups excluding carboxylic acids is 1. The first-order chi connectivity index (χ1) is 7.77. The highest BCUT2D eigenvalue weighted by atomic mass is 32.2. The van der Waals surface area contributed by atoms with Gasteiger partial charge in [0.2, 0.25) is 0 Å². The van der Waals surface area contributed by atoms with Crippen molar-refractivity contribution in [2.24, 2.45) is 0 Å². The van der Waals surface area contributed by atoms with Crippen LogP contribution in [0.15, 0.2) is 46.2 Å². The zero-order valence-electron chi connectivity index (χ0n) is 9.60. The fraction of sp³-hybridized carbons (Fsp3) is 0.308. The Kier molecular flexibility index (Phi) is 5.72. The van der Waals surface area contributed by atoms with E-state index in [0.717, 1.165) is 10.5 Å². The Morgan fingerprint density at radius 2 is 2.00 bits per heavy atom. The molecule has 0 atom stereocenters. The maximum atomic E-state index is 11.5. The summed E-state index contributed by atoms with van der Waals surface area (Å²) in [7, 11) is 0. The standard InChI is InChI=1S/C13H16O2S/c1-3-11(13(14)15-4-2)10-16-12-8-6-5-7-9-12/h5-10H,3-4H2,1-2H3. The number of thioether (sulfide) groups is 1. The van der Waals surface area contributed by atoms with Crippen LogP contribution >= 0.6 is 11.8 Å². The molecule has 0 saturated heterocycles. The molecule has 0 amide bonds. The van der Waals surface area contributed by atoms with Crippen LogP contribution in [-0.4, -0.2) is 12.6 Å². The van der Waals surface area contributed by atoms with Crippen molar-refractivity contribution < 1.29 is 9.53 Å². The van der Waals surface area contributed by atoms with E-state index in [4.69, 9.17) is 4.74 Å². The molecule has 86 valence electrons. The van der Waals surface area contributed by atoms with Gasteiger partial charge in [-0.2, -0.15) is 0 Å². The van der Waals surface area contributed by atoms with E-state index in [1.807, 2.05) is 49.6 Å².